The van der Waals surface area contributed by atoms with E-state index in [2.05, 4.69) is 0 Å². The molecule has 5 heteroatoms. The van der Waals surface area contributed by atoms with Crippen molar-refractivity contribution in [3.63, 3.8) is 0 Å². The van der Waals surface area contributed by atoms with E-state index in [9.17, 15) is 9.59 Å². The lowest BCUT2D eigenvalue weighted by atomic mass is 10.00. The zero-order chi connectivity index (χ0) is 11.3. The Morgan fingerprint density at radius 1 is 1.40 bits per heavy atom. The van der Waals surface area contributed by atoms with Crippen LogP contribution in [0.15, 0.2) is 0 Å². The first-order chi connectivity index (χ1) is 7.09. The molecule has 1 N–H and O–H groups in total. The van der Waals surface area contributed by atoms with Gasteiger partial charge >= 0.3 is 5.97 Å². The summed E-state index contributed by atoms with van der Waals surface area (Å²) in [6.45, 7) is 2.12. The predicted octanol–water partition coefficient (Wildman–Crippen LogP) is 0.346. The first-order valence-corrected chi connectivity index (χ1v) is 5.13. The summed E-state index contributed by atoms with van der Waals surface area (Å²) in [4.78, 5) is 23.2. The molecule has 0 bridgehead atoms. The predicted molar refractivity (Wildman–Crippen MR) is 53.4 cm³/mol. The standard InChI is InChI=1S/C10H17NO4/c1-11(9(12)6-10(13)14)7-8-2-4-15-5-3-8/h8H,2-7H2,1H3,(H,13,14). The molecule has 0 spiro atoms. The van der Waals surface area contributed by atoms with Gasteiger partial charge in [-0.1, -0.05) is 0 Å². The van der Waals surface area contributed by atoms with Gasteiger partial charge in [0.2, 0.25) is 5.91 Å². The van der Waals surface area contributed by atoms with Crippen LogP contribution in [0, 0.1) is 5.92 Å². The number of rotatable bonds is 4. The number of aliphatic carboxylic acids is 1. The summed E-state index contributed by atoms with van der Waals surface area (Å²) >= 11 is 0. The van der Waals surface area contributed by atoms with Crippen molar-refractivity contribution in [2.75, 3.05) is 26.8 Å². The minimum atomic E-state index is -1.07. The van der Waals surface area contributed by atoms with Gasteiger partial charge in [0.05, 0.1) is 0 Å². The molecule has 5 nitrogen and oxygen atoms in total. The smallest absolute Gasteiger partial charge is 0.312 e. The molecule has 86 valence electrons. The Morgan fingerprint density at radius 2 is 2.00 bits per heavy atom. The molecule has 0 aromatic rings. The molecule has 0 aromatic heterocycles. The van der Waals surface area contributed by atoms with Gasteiger partial charge in [-0.2, -0.15) is 0 Å². The maximum atomic E-state index is 11.3. The Labute approximate surface area is 89.0 Å². The van der Waals surface area contributed by atoms with Crippen LogP contribution in [0.25, 0.3) is 0 Å². The highest BCUT2D eigenvalue weighted by atomic mass is 16.5. The monoisotopic (exact) mass is 215 g/mol. The van der Waals surface area contributed by atoms with E-state index in [4.69, 9.17) is 9.84 Å². The van der Waals surface area contributed by atoms with Crippen molar-refractivity contribution < 1.29 is 19.4 Å². The van der Waals surface area contributed by atoms with Gasteiger partial charge in [0.25, 0.3) is 0 Å². The van der Waals surface area contributed by atoms with Crippen LogP contribution in [-0.2, 0) is 14.3 Å². The Bertz CT molecular complexity index is 236. The number of ether oxygens (including phenoxy) is 1. The highest BCUT2D eigenvalue weighted by Crippen LogP contribution is 2.15. The topological polar surface area (TPSA) is 66.8 Å². The second-order valence-electron chi connectivity index (χ2n) is 3.90. The number of carboxylic acids is 1. The Kier molecular flexibility index (Phi) is 4.55. The minimum Gasteiger partial charge on any atom is -0.481 e. The molecular weight excluding hydrogens is 198 g/mol. The van der Waals surface area contributed by atoms with Crippen molar-refractivity contribution in [3.05, 3.63) is 0 Å². The first kappa shape index (κ1) is 12.0. The Hall–Kier alpha value is -1.10. The molecule has 1 rings (SSSR count). The van der Waals surface area contributed by atoms with E-state index in [1.54, 1.807) is 7.05 Å². The maximum Gasteiger partial charge on any atom is 0.312 e. The zero-order valence-electron chi connectivity index (χ0n) is 8.94. The number of carbonyl (C=O) groups is 2. The molecule has 1 heterocycles. The minimum absolute atomic E-state index is 0.325. The van der Waals surface area contributed by atoms with Crippen molar-refractivity contribution in [1.29, 1.82) is 0 Å². The average molecular weight is 215 g/mol. The van der Waals surface area contributed by atoms with E-state index in [-0.39, 0.29) is 5.91 Å². The van der Waals surface area contributed by atoms with Crippen LogP contribution < -0.4 is 0 Å². The molecule has 1 aliphatic heterocycles. The van der Waals surface area contributed by atoms with Crippen LogP contribution in [-0.4, -0.2) is 48.7 Å². The Morgan fingerprint density at radius 3 is 2.53 bits per heavy atom. The van der Waals surface area contributed by atoms with Gasteiger partial charge in [0.1, 0.15) is 6.42 Å². The van der Waals surface area contributed by atoms with Crippen molar-refractivity contribution >= 4 is 11.9 Å². The lowest BCUT2D eigenvalue weighted by Gasteiger charge is -2.26. The molecule has 0 unspecified atom stereocenters. The van der Waals surface area contributed by atoms with E-state index in [1.165, 1.54) is 4.90 Å². The third-order valence-electron chi connectivity index (χ3n) is 2.60. The summed E-state index contributed by atoms with van der Waals surface area (Å²) in [6.07, 6.45) is 1.48. The molecule has 0 radical (unpaired) electrons. The number of carboxylic acid groups (broad SMARTS) is 1. The summed E-state index contributed by atoms with van der Waals surface area (Å²) in [5.41, 5.74) is 0. The first-order valence-electron chi connectivity index (χ1n) is 5.13. The molecule has 0 aromatic carbocycles. The average Bonchev–Trinajstić information content (AvgIpc) is 2.18. The van der Waals surface area contributed by atoms with E-state index >= 15 is 0 Å². The van der Waals surface area contributed by atoms with Crippen LogP contribution in [0.1, 0.15) is 19.3 Å². The molecular formula is C10H17NO4. The van der Waals surface area contributed by atoms with E-state index in [1.807, 2.05) is 0 Å². The quantitative estimate of drug-likeness (QED) is 0.687. The van der Waals surface area contributed by atoms with E-state index < -0.39 is 12.4 Å². The SMILES string of the molecule is CN(CC1CCOCC1)C(=O)CC(=O)O. The molecule has 1 fully saturated rings. The third kappa shape index (κ3) is 4.29. The molecule has 1 aliphatic rings. The summed E-state index contributed by atoms with van der Waals surface area (Å²) in [5.74, 6) is -0.950. The van der Waals surface area contributed by atoms with Gasteiger partial charge in [-0.25, -0.2) is 0 Å². The van der Waals surface area contributed by atoms with Crippen LogP contribution >= 0.6 is 0 Å². The normalized spacial score (nSPS) is 17.4. The fourth-order valence-corrected chi connectivity index (χ4v) is 1.68. The molecule has 15 heavy (non-hydrogen) atoms. The molecule has 1 amide bonds. The highest BCUT2D eigenvalue weighted by Gasteiger charge is 2.19. The number of carbonyl (C=O) groups excluding carboxylic acids is 1. The van der Waals surface area contributed by atoms with Crippen LogP contribution in [0.4, 0.5) is 0 Å². The number of hydrogen-bond acceptors (Lipinski definition) is 3. The second kappa shape index (κ2) is 5.70. The van der Waals surface area contributed by atoms with Gasteiger partial charge < -0.3 is 14.7 Å². The van der Waals surface area contributed by atoms with E-state index in [0.29, 0.717) is 12.5 Å². The van der Waals surface area contributed by atoms with Crippen LogP contribution in [0.2, 0.25) is 0 Å². The summed E-state index contributed by atoms with van der Waals surface area (Å²) in [5, 5.41) is 8.47. The lowest BCUT2D eigenvalue weighted by molar-refractivity contribution is -0.144. The van der Waals surface area contributed by atoms with Gasteiger partial charge in [0.15, 0.2) is 0 Å². The van der Waals surface area contributed by atoms with Crippen LogP contribution in [0.5, 0.6) is 0 Å². The fourth-order valence-electron chi connectivity index (χ4n) is 1.68. The molecule has 0 atom stereocenters. The highest BCUT2D eigenvalue weighted by molar-refractivity contribution is 5.93. The maximum absolute atomic E-state index is 11.3. The van der Waals surface area contributed by atoms with Crippen LogP contribution in [0.3, 0.4) is 0 Å². The second-order valence-corrected chi connectivity index (χ2v) is 3.90. The molecule has 1 saturated heterocycles. The van der Waals surface area contributed by atoms with Gasteiger partial charge in [0, 0.05) is 26.8 Å². The van der Waals surface area contributed by atoms with Crippen molar-refractivity contribution in [2.45, 2.75) is 19.3 Å². The zero-order valence-corrected chi connectivity index (χ0v) is 8.94. The summed E-state index contributed by atoms with van der Waals surface area (Å²) < 4.78 is 5.21. The Balaban J connectivity index is 2.29. The number of hydrogen-bond donors (Lipinski definition) is 1. The van der Waals surface area contributed by atoms with Gasteiger partial charge in [-0.3, -0.25) is 9.59 Å². The summed E-state index contributed by atoms with van der Waals surface area (Å²) in [7, 11) is 1.65. The summed E-state index contributed by atoms with van der Waals surface area (Å²) in [6, 6.07) is 0. The molecule has 0 aliphatic carbocycles. The fraction of sp³-hybridized carbons (Fsp3) is 0.800. The third-order valence-corrected chi connectivity index (χ3v) is 2.60. The number of amides is 1. The van der Waals surface area contributed by atoms with E-state index in [0.717, 1.165) is 26.1 Å². The van der Waals surface area contributed by atoms with Crippen molar-refractivity contribution in [3.8, 4) is 0 Å². The van der Waals surface area contributed by atoms with Gasteiger partial charge in [-0.15, -0.1) is 0 Å². The largest absolute Gasteiger partial charge is 0.481 e. The van der Waals surface area contributed by atoms with Crippen molar-refractivity contribution in [2.24, 2.45) is 5.92 Å². The van der Waals surface area contributed by atoms with Gasteiger partial charge in [-0.05, 0) is 18.8 Å². The van der Waals surface area contributed by atoms with Crippen molar-refractivity contribution in [1.82, 2.24) is 4.90 Å². The lowest BCUT2D eigenvalue weighted by Crippen LogP contribution is -2.35. The number of nitrogens with zero attached hydrogens (tertiary/aromatic N) is 1. The molecule has 0 saturated carbocycles.